The van der Waals surface area contributed by atoms with E-state index < -0.39 is 11.9 Å². The lowest BCUT2D eigenvalue weighted by atomic mass is 10.1. The minimum Gasteiger partial charge on any atom is -0.330 e. The van der Waals surface area contributed by atoms with Crippen LogP contribution in [0.25, 0.3) is 0 Å². The normalized spacial score (nSPS) is 14.0. The Balaban J connectivity index is 1.46. The van der Waals surface area contributed by atoms with Gasteiger partial charge in [0, 0.05) is 17.2 Å². The Kier molecular flexibility index (Phi) is 5.71. The standard InChI is InChI=1S/C20H22N4O3/c1-13(14-9-11-17(12-10-14)22-18(25)16-7-8-16)21-20(27)24-23-19(26)15-5-3-2-4-6-15/h2-6,9-13,16H,7-8H2,1H3,(H,22,25)(H,23,26)(H2,21,24,27). The Labute approximate surface area is 157 Å². The first-order valence-corrected chi connectivity index (χ1v) is 8.85. The highest BCUT2D eigenvalue weighted by Gasteiger charge is 2.29. The van der Waals surface area contributed by atoms with E-state index in [1.54, 1.807) is 30.3 Å². The van der Waals surface area contributed by atoms with Crippen molar-refractivity contribution in [3.05, 3.63) is 65.7 Å². The largest absolute Gasteiger partial charge is 0.333 e. The summed E-state index contributed by atoms with van der Waals surface area (Å²) in [5.41, 5.74) is 6.76. The average molecular weight is 366 g/mol. The second-order valence-corrected chi connectivity index (χ2v) is 6.53. The molecule has 27 heavy (non-hydrogen) atoms. The molecule has 1 unspecified atom stereocenters. The molecule has 3 rings (SSSR count). The van der Waals surface area contributed by atoms with Crippen LogP contribution in [0.4, 0.5) is 10.5 Å². The van der Waals surface area contributed by atoms with Crippen LogP contribution in [0.1, 0.15) is 41.7 Å². The number of nitrogens with one attached hydrogen (secondary N) is 4. The lowest BCUT2D eigenvalue weighted by molar-refractivity contribution is -0.117. The van der Waals surface area contributed by atoms with Crippen LogP contribution >= 0.6 is 0 Å². The van der Waals surface area contributed by atoms with Gasteiger partial charge in [0.05, 0.1) is 6.04 Å². The first-order chi connectivity index (χ1) is 13.0. The number of hydrogen-bond donors (Lipinski definition) is 4. The Hall–Kier alpha value is -3.35. The van der Waals surface area contributed by atoms with Gasteiger partial charge in [-0.15, -0.1) is 0 Å². The van der Waals surface area contributed by atoms with Crippen LogP contribution in [0, 0.1) is 5.92 Å². The summed E-state index contributed by atoms with van der Waals surface area (Å²) >= 11 is 0. The maximum atomic E-state index is 12.0. The molecule has 1 saturated carbocycles. The summed E-state index contributed by atoms with van der Waals surface area (Å²) in [5.74, 6) is -0.184. The molecule has 1 aliphatic carbocycles. The third kappa shape index (κ3) is 5.31. The fourth-order valence-electron chi connectivity index (χ4n) is 2.54. The van der Waals surface area contributed by atoms with E-state index in [1.807, 2.05) is 31.2 Å². The molecule has 0 saturated heterocycles. The quantitative estimate of drug-likeness (QED) is 0.612. The van der Waals surface area contributed by atoms with Gasteiger partial charge in [-0.2, -0.15) is 0 Å². The fraction of sp³-hybridized carbons (Fsp3) is 0.250. The molecule has 1 atom stereocenters. The maximum Gasteiger partial charge on any atom is 0.333 e. The van der Waals surface area contributed by atoms with Crippen LogP contribution in [-0.4, -0.2) is 17.8 Å². The van der Waals surface area contributed by atoms with E-state index in [9.17, 15) is 14.4 Å². The first kappa shape index (κ1) is 18.4. The van der Waals surface area contributed by atoms with Crippen molar-refractivity contribution in [2.24, 2.45) is 5.92 Å². The van der Waals surface area contributed by atoms with Crippen LogP contribution in [0.3, 0.4) is 0 Å². The van der Waals surface area contributed by atoms with Crippen LogP contribution in [0.2, 0.25) is 0 Å². The zero-order chi connectivity index (χ0) is 19.2. The van der Waals surface area contributed by atoms with Crippen molar-refractivity contribution in [3.8, 4) is 0 Å². The summed E-state index contributed by atoms with van der Waals surface area (Å²) < 4.78 is 0. The zero-order valence-corrected chi connectivity index (χ0v) is 15.0. The summed E-state index contributed by atoms with van der Waals surface area (Å²) in [6, 6.07) is 15.1. The number of urea groups is 1. The molecule has 0 aromatic heterocycles. The highest BCUT2D eigenvalue weighted by Crippen LogP contribution is 2.30. The van der Waals surface area contributed by atoms with Gasteiger partial charge in [-0.25, -0.2) is 10.2 Å². The van der Waals surface area contributed by atoms with Crippen LogP contribution in [0.5, 0.6) is 0 Å². The van der Waals surface area contributed by atoms with Gasteiger partial charge in [0.25, 0.3) is 5.91 Å². The van der Waals surface area contributed by atoms with E-state index in [-0.39, 0.29) is 17.9 Å². The minimum atomic E-state index is -0.516. The number of hydrogen-bond acceptors (Lipinski definition) is 3. The van der Waals surface area contributed by atoms with Crippen molar-refractivity contribution in [1.29, 1.82) is 0 Å². The van der Waals surface area contributed by atoms with Crippen molar-refractivity contribution in [2.75, 3.05) is 5.32 Å². The Morgan fingerprint density at radius 2 is 1.59 bits per heavy atom. The smallest absolute Gasteiger partial charge is 0.330 e. The van der Waals surface area contributed by atoms with Crippen LogP contribution < -0.4 is 21.5 Å². The topological polar surface area (TPSA) is 99.3 Å². The molecule has 7 heteroatoms. The molecular formula is C20H22N4O3. The highest BCUT2D eigenvalue weighted by molar-refractivity contribution is 5.95. The Morgan fingerprint density at radius 3 is 2.22 bits per heavy atom. The number of benzene rings is 2. The molecule has 1 aliphatic rings. The Bertz CT molecular complexity index is 817. The third-order valence-electron chi connectivity index (χ3n) is 4.30. The molecule has 0 bridgehead atoms. The molecule has 0 heterocycles. The van der Waals surface area contributed by atoms with E-state index >= 15 is 0 Å². The molecular weight excluding hydrogens is 344 g/mol. The van der Waals surface area contributed by atoms with E-state index in [0.29, 0.717) is 5.56 Å². The molecule has 0 aliphatic heterocycles. The third-order valence-corrected chi connectivity index (χ3v) is 4.30. The van der Waals surface area contributed by atoms with E-state index in [4.69, 9.17) is 0 Å². The van der Waals surface area contributed by atoms with Gasteiger partial charge in [0.1, 0.15) is 0 Å². The van der Waals surface area contributed by atoms with E-state index in [0.717, 1.165) is 24.1 Å². The molecule has 4 N–H and O–H groups in total. The monoisotopic (exact) mass is 366 g/mol. The second kappa shape index (κ2) is 8.35. The molecule has 2 aromatic carbocycles. The first-order valence-electron chi connectivity index (χ1n) is 8.85. The molecule has 1 fully saturated rings. The molecule has 2 aromatic rings. The average Bonchev–Trinajstić information content (AvgIpc) is 3.52. The predicted molar refractivity (Wildman–Crippen MR) is 102 cm³/mol. The SMILES string of the molecule is CC(NC(=O)NNC(=O)c1ccccc1)c1ccc(NC(=O)C2CC2)cc1. The van der Waals surface area contributed by atoms with Crippen molar-refractivity contribution in [1.82, 2.24) is 16.2 Å². The van der Waals surface area contributed by atoms with Gasteiger partial charge >= 0.3 is 6.03 Å². The van der Waals surface area contributed by atoms with Gasteiger partial charge in [0.2, 0.25) is 5.91 Å². The van der Waals surface area contributed by atoms with E-state index in [2.05, 4.69) is 21.5 Å². The van der Waals surface area contributed by atoms with Gasteiger partial charge in [-0.05, 0) is 49.6 Å². The number of amides is 4. The Morgan fingerprint density at radius 1 is 0.926 bits per heavy atom. The van der Waals surface area contributed by atoms with Crippen molar-refractivity contribution in [3.63, 3.8) is 0 Å². The van der Waals surface area contributed by atoms with Gasteiger partial charge < -0.3 is 10.6 Å². The molecule has 140 valence electrons. The number of anilines is 1. The van der Waals surface area contributed by atoms with E-state index in [1.165, 1.54) is 0 Å². The van der Waals surface area contributed by atoms with Gasteiger partial charge in [0.15, 0.2) is 0 Å². The van der Waals surface area contributed by atoms with Gasteiger partial charge in [-0.1, -0.05) is 30.3 Å². The number of carbonyl (C=O) groups is 3. The van der Waals surface area contributed by atoms with Crippen molar-refractivity contribution < 1.29 is 14.4 Å². The molecule has 0 spiro atoms. The number of rotatable bonds is 5. The summed E-state index contributed by atoms with van der Waals surface area (Å²) in [6.07, 6.45) is 1.92. The predicted octanol–water partition coefficient (Wildman–Crippen LogP) is 2.74. The summed E-state index contributed by atoms with van der Waals surface area (Å²) in [6.45, 7) is 1.83. The molecule has 7 nitrogen and oxygen atoms in total. The second-order valence-electron chi connectivity index (χ2n) is 6.53. The van der Waals surface area contributed by atoms with Crippen molar-refractivity contribution >= 4 is 23.5 Å². The summed E-state index contributed by atoms with van der Waals surface area (Å²) in [7, 11) is 0. The number of hydrazine groups is 1. The van der Waals surface area contributed by atoms with Crippen LogP contribution in [-0.2, 0) is 4.79 Å². The van der Waals surface area contributed by atoms with Gasteiger partial charge in [-0.3, -0.25) is 15.0 Å². The minimum absolute atomic E-state index is 0.0578. The zero-order valence-electron chi connectivity index (χ0n) is 15.0. The number of carbonyl (C=O) groups excluding carboxylic acids is 3. The lowest BCUT2D eigenvalue weighted by Crippen LogP contribution is -2.47. The van der Waals surface area contributed by atoms with Crippen LogP contribution in [0.15, 0.2) is 54.6 Å². The fourth-order valence-corrected chi connectivity index (χ4v) is 2.54. The molecule has 4 amide bonds. The lowest BCUT2D eigenvalue weighted by Gasteiger charge is -2.16. The van der Waals surface area contributed by atoms with Crippen molar-refractivity contribution in [2.45, 2.75) is 25.8 Å². The summed E-state index contributed by atoms with van der Waals surface area (Å²) in [5, 5.41) is 5.61. The molecule has 0 radical (unpaired) electrons. The highest BCUT2D eigenvalue weighted by atomic mass is 16.2. The summed E-state index contributed by atoms with van der Waals surface area (Å²) in [4.78, 5) is 35.6. The maximum absolute atomic E-state index is 12.0.